The van der Waals surface area contributed by atoms with Crippen molar-refractivity contribution in [3.05, 3.63) is 51.8 Å². The normalized spacial score (nSPS) is 11.9. The molecule has 0 aliphatic carbocycles. The highest BCUT2D eigenvalue weighted by atomic mass is 16.5. The lowest BCUT2D eigenvalue weighted by molar-refractivity contribution is 0.0525. The maximum absolute atomic E-state index is 12.9. The van der Waals surface area contributed by atoms with Gasteiger partial charge in [-0.25, -0.2) is 4.79 Å². The Balaban J connectivity index is 2.27. The molecule has 2 N–H and O–H groups in total. The zero-order valence-corrected chi connectivity index (χ0v) is 15.7. The molecule has 0 aliphatic heterocycles. The number of nitrogens with one attached hydrogen (secondary N) is 2. The smallest absolute Gasteiger partial charge is 0.340 e. The zero-order valence-electron chi connectivity index (χ0n) is 15.7. The van der Waals surface area contributed by atoms with Crippen molar-refractivity contribution in [2.75, 3.05) is 11.9 Å². The average Bonchev–Trinajstić information content (AvgIpc) is 2.86. The maximum atomic E-state index is 12.9. The summed E-state index contributed by atoms with van der Waals surface area (Å²) in [5, 5.41) is 3.27. The highest BCUT2D eigenvalue weighted by molar-refractivity contribution is 6.04. The van der Waals surface area contributed by atoms with Crippen molar-refractivity contribution in [1.82, 2.24) is 4.98 Å². The molecular weight excluding hydrogens is 316 g/mol. The number of carbonyl (C=O) groups is 2. The largest absolute Gasteiger partial charge is 0.462 e. The molecule has 0 spiro atoms. The number of hydrogen-bond donors (Lipinski definition) is 2. The molecule has 0 fully saturated rings. The summed E-state index contributed by atoms with van der Waals surface area (Å²) in [5.74, 6) is -0.486. The fraction of sp³-hybridized carbons (Fsp3) is 0.400. The van der Waals surface area contributed by atoms with Gasteiger partial charge in [-0.15, -0.1) is 0 Å². The van der Waals surface area contributed by atoms with Crippen LogP contribution in [0.15, 0.2) is 18.2 Å². The molecule has 5 heteroatoms. The Morgan fingerprint density at radius 2 is 1.84 bits per heavy atom. The number of aryl methyl sites for hydroxylation is 2. The van der Waals surface area contributed by atoms with E-state index < -0.39 is 12.0 Å². The number of anilines is 1. The van der Waals surface area contributed by atoms with Crippen LogP contribution < -0.4 is 5.32 Å². The van der Waals surface area contributed by atoms with Gasteiger partial charge in [-0.1, -0.05) is 12.1 Å². The number of Topliss-reactive ketones (excluding diaryl/α,β-unsaturated/α-hetero) is 1. The summed E-state index contributed by atoms with van der Waals surface area (Å²) in [5.41, 5.74) is 5.41. The van der Waals surface area contributed by atoms with Gasteiger partial charge >= 0.3 is 5.97 Å². The van der Waals surface area contributed by atoms with Crippen LogP contribution in [0.5, 0.6) is 0 Å². The van der Waals surface area contributed by atoms with E-state index in [0.717, 1.165) is 11.3 Å². The third kappa shape index (κ3) is 3.76. The number of ketones is 1. The van der Waals surface area contributed by atoms with Crippen molar-refractivity contribution >= 4 is 17.4 Å². The summed E-state index contributed by atoms with van der Waals surface area (Å²) >= 11 is 0. The number of rotatable bonds is 6. The van der Waals surface area contributed by atoms with Crippen LogP contribution in [0, 0.1) is 27.7 Å². The van der Waals surface area contributed by atoms with Crippen molar-refractivity contribution in [2.45, 2.75) is 47.6 Å². The Bertz CT molecular complexity index is 806. The Hall–Kier alpha value is -2.56. The SMILES string of the molecule is CCOC(=O)c1c(C)[nH]c(C(=O)[C@H](C)Nc2cccc(C)c2C)c1C. The van der Waals surface area contributed by atoms with Crippen LogP contribution in [0.1, 0.15) is 57.1 Å². The lowest BCUT2D eigenvalue weighted by Gasteiger charge is -2.17. The first kappa shape index (κ1) is 18.8. The number of H-pyrrole nitrogens is 1. The number of aromatic nitrogens is 1. The summed E-state index contributed by atoms with van der Waals surface area (Å²) in [7, 11) is 0. The highest BCUT2D eigenvalue weighted by Crippen LogP contribution is 2.23. The van der Waals surface area contributed by atoms with Crippen molar-refractivity contribution in [2.24, 2.45) is 0 Å². The lowest BCUT2D eigenvalue weighted by atomic mass is 10.0. The van der Waals surface area contributed by atoms with Gasteiger partial charge in [0.25, 0.3) is 0 Å². The van der Waals surface area contributed by atoms with Gasteiger partial charge in [0.1, 0.15) is 0 Å². The van der Waals surface area contributed by atoms with Crippen molar-refractivity contribution in [1.29, 1.82) is 0 Å². The molecule has 0 saturated heterocycles. The van der Waals surface area contributed by atoms with Gasteiger partial charge in [0, 0.05) is 11.4 Å². The van der Waals surface area contributed by atoms with E-state index in [2.05, 4.69) is 10.3 Å². The molecule has 134 valence electrons. The number of carbonyl (C=O) groups excluding carboxylic acids is 2. The quantitative estimate of drug-likeness (QED) is 0.612. The minimum Gasteiger partial charge on any atom is -0.462 e. The predicted molar refractivity (Wildman–Crippen MR) is 99.6 cm³/mol. The molecule has 5 nitrogen and oxygen atoms in total. The summed E-state index contributed by atoms with van der Waals surface area (Å²) in [4.78, 5) is 28.0. The number of aromatic amines is 1. The summed E-state index contributed by atoms with van der Waals surface area (Å²) < 4.78 is 5.08. The molecule has 0 aliphatic rings. The Morgan fingerprint density at radius 3 is 2.48 bits per heavy atom. The monoisotopic (exact) mass is 342 g/mol. The van der Waals surface area contributed by atoms with E-state index in [1.807, 2.05) is 39.0 Å². The molecular formula is C20H26N2O3. The van der Waals surface area contributed by atoms with E-state index in [4.69, 9.17) is 4.74 Å². The second kappa shape index (κ2) is 7.55. The van der Waals surface area contributed by atoms with Crippen LogP contribution in [0.25, 0.3) is 0 Å². The molecule has 0 unspecified atom stereocenters. The van der Waals surface area contributed by atoms with Crippen LogP contribution in [0.2, 0.25) is 0 Å². The molecule has 0 bridgehead atoms. The maximum Gasteiger partial charge on any atom is 0.340 e. The van der Waals surface area contributed by atoms with E-state index in [1.54, 1.807) is 20.8 Å². The Morgan fingerprint density at radius 1 is 1.16 bits per heavy atom. The second-order valence-electron chi connectivity index (χ2n) is 6.32. The van der Waals surface area contributed by atoms with Gasteiger partial charge in [0.05, 0.1) is 23.9 Å². The molecule has 0 amide bonds. The van der Waals surface area contributed by atoms with Crippen LogP contribution >= 0.6 is 0 Å². The first-order valence-electron chi connectivity index (χ1n) is 8.51. The fourth-order valence-corrected chi connectivity index (χ4v) is 2.93. The standard InChI is InChI=1S/C20H26N2O3/c1-7-25-20(24)17-13(4)18(22-14(17)5)19(23)15(6)21-16-10-8-9-11(2)12(16)3/h8-10,15,21-22H,7H2,1-6H3/t15-/m0/s1. The highest BCUT2D eigenvalue weighted by Gasteiger charge is 2.25. The summed E-state index contributed by atoms with van der Waals surface area (Å²) in [6.45, 7) is 11.5. The Labute approximate surface area is 148 Å². The number of ether oxygens (including phenoxy) is 1. The summed E-state index contributed by atoms with van der Waals surface area (Å²) in [6, 6.07) is 5.54. The number of hydrogen-bond acceptors (Lipinski definition) is 4. The summed E-state index contributed by atoms with van der Waals surface area (Å²) in [6.07, 6.45) is 0. The molecule has 1 aromatic heterocycles. The molecule has 1 heterocycles. The number of benzene rings is 1. The Kier molecular flexibility index (Phi) is 5.67. The second-order valence-corrected chi connectivity index (χ2v) is 6.32. The van der Waals surface area contributed by atoms with E-state index >= 15 is 0 Å². The topological polar surface area (TPSA) is 71.2 Å². The van der Waals surface area contributed by atoms with Gasteiger partial charge in [0.2, 0.25) is 5.78 Å². The van der Waals surface area contributed by atoms with Crippen molar-refractivity contribution in [3.63, 3.8) is 0 Å². The third-order valence-corrected chi connectivity index (χ3v) is 4.53. The van der Waals surface area contributed by atoms with Gasteiger partial charge < -0.3 is 15.0 Å². The minimum atomic E-state index is -0.424. The average molecular weight is 342 g/mol. The van der Waals surface area contributed by atoms with Gasteiger partial charge in [-0.05, 0) is 64.3 Å². The van der Waals surface area contributed by atoms with Crippen LogP contribution in [0.4, 0.5) is 5.69 Å². The van der Waals surface area contributed by atoms with Crippen LogP contribution in [-0.4, -0.2) is 29.4 Å². The third-order valence-electron chi connectivity index (χ3n) is 4.53. The first-order chi connectivity index (χ1) is 11.8. The van der Waals surface area contributed by atoms with E-state index in [1.165, 1.54) is 5.56 Å². The number of esters is 1. The van der Waals surface area contributed by atoms with Crippen molar-refractivity contribution in [3.8, 4) is 0 Å². The molecule has 2 rings (SSSR count). The first-order valence-corrected chi connectivity index (χ1v) is 8.51. The van der Waals surface area contributed by atoms with Gasteiger partial charge in [-0.2, -0.15) is 0 Å². The van der Waals surface area contributed by atoms with E-state index in [0.29, 0.717) is 29.1 Å². The lowest BCUT2D eigenvalue weighted by Crippen LogP contribution is -2.27. The molecule has 0 radical (unpaired) electrons. The molecule has 1 aromatic carbocycles. The van der Waals surface area contributed by atoms with Gasteiger partial charge in [0.15, 0.2) is 0 Å². The van der Waals surface area contributed by atoms with Crippen LogP contribution in [-0.2, 0) is 4.74 Å². The van der Waals surface area contributed by atoms with E-state index in [-0.39, 0.29) is 5.78 Å². The minimum absolute atomic E-state index is 0.0861. The van der Waals surface area contributed by atoms with E-state index in [9.17, 15) is 9.59 Å². The van der Waals surface area contributed by atoms with Gasteiger partial charge in [-0.3, -0.25) is 4.79 Å². The van der Waals surface area contributed by atoms with Crippen LogP contribution in [0.3, 0.4) is 0 Å². The molecule has 25 heavy (non-hydrogen) atoms. The zero-order chi connectivity index (χ0) is 18.7. The fourth-order valence-electron chi connectivity index (χ4n) is 2.93. The van der Waals surface area contributed by atoms with Crippen molar-refractivity contribution < 1.29 is 14.3 Å². The molecule has 2 aromatic rings. The predicted octanol–water partition coefficient (Wildman–Crippen LogP) is 4.11. The molecule has 1 atom stereocenters. The molecule has 0 saturated carbocycles.